The predicted molar refractivity (Wildman–Crippen MR) is 84.5 cm³/mol. The van der Waals surface area contributed by atoms with Crippen LogP contribution in [0.2, 0.25) is 0 Å². The van der Waals surface area contributed by atoms with Crippen molar-refractivity contribution in [2.45, 2.75) is 45.8 Å². The highest BCUT2D eigenvalue weighted by atomic mass is 32.1. The number of nitrogens with one attached hydrogen (secondary N) is 1. The minimum absolute atomic E-state index is 0.140. The monoisotopic (exact) mass is 318 g/mol. The van der Waals surface area contributed by atoms with Crippen molar-refractivity contribution in [1.82, 2.24) is 0 Å². The Hall–Kier alpha value is -1.30. The SMILES string of the molecule is CC(C)CCC(C)Nc1ccc(C(F)(F)F)c(C(N)=S)c1. The number of anilines is 1. The number of hydrogen-bond acceptors (Lipinski definition) is 2. The number of hydrogen-bond donors (Lipinski definition) is 2. The van der Waals surface area contributed by atoms with E-state index in [4.69, 9.17) is 18.0 Å². The Morgan fingerprint density at radius 3 is 2.33 bits per heavy atom. The first-order chi connectivity index (χ1) is 9.61. The minimum Gasteiger partial charge on any atom is -0.389 e. The average Bonchev–Trinajstić information content (AvgIpc) is 2.34. The third-order valence-corrected chi connectivity index (χ3v) is 3.40. The Morgan fingerprint density at radius 2 is 1.86 bits per heavy atom. The van der Waals surface area contributed by atoms with E-state index < -0.39 is 11.7 Å². The van der Waals surface area contributed by atoms with Crippen molar-refractivity contribution in [2.75, 3.05) is 5.32 Å². The lowest BCUT2D eigenvalue weighted by Crippen LogP contribution is -2.20. The van der Waals surface area contributed by atoms with E-state index in [0.29, 0.717) is 11.6 Å². The van der Waals surface area contributed by atoms with Crippen LogP contribution >= 0.6 is 12.2 Å². The first-order valence-electron chi connectivity index (χ1n) is 6.89. The largest absolute Gasteiger partial charge is 0.417 e. The lowest BCUT2D eigenvalue weighted by Gasteiger charge is -2.19. The van der Waals surface area contributed by atoms with Crippen LogP contribution in [0.25, 0.3) is 0 Å². The van der Waals surface area contributed by atoms with E-state index >= 15 is 0 Å². The summed E-state index contributed by atoms with van der Waals surface area (Å²) in [7, 11) is 0. The molecule has 21 heavy (non-hydrogen) atoms. The first-order valence-corrected chi connectivity index (χ1v) is 7.29. The van der Waals surface area contributed by atoms with E-state index in [-0.39, 0.29) is 16.6 Å². The summed E-state index contributed by atoms with van der Waals surface area (Å²) in [5.74, 6) is 0.592. The van der Waals surface area contributed by atoms with Crippen molar-refractivity contribution in [2.24, 2.45) is 11.7 Å². The van der Waals surface area contributed by atoms with Crippen LogP contribution < -0.4 is 11.1 Å². The van der Waals surface area contributed by atoms with Gasteiger partial charge in [-0.15, -0.1) is 0 Å². The van der Waals surface area contributed by atoms with E-state index in [1.54, 1.807) is 0 Å². The standard InChI is InChI=1S/C15H21F3N2S/c1-9(2)4-5-10(3)20-11-6-7-13(15(16,17)18)12(8-11)14(19)21/h6-10,20H,4-5H2,1-3H3,(H2,19,21). The molecule has 0 radical (unpaired) electrons. The number of halogens is 3. The summed E-state index contributed by atoms with van der Waals surface area (Å²) in [6.07, 6.45) is -2.46. The highest BCUT2D eigenvalue weighted by molar-refractivity contribution is 7.80. The van der Waals surface area contributed by atoms with Gasteiger partial charge in [-0.2, -0.15) is 13.2 Å². The number of alkyl halides is 3. The van der Waals surface area contributed by atoms with Crippen LogP contribution in [0.5, 0.6) is 0 Å². The van der Waals surface area contributed by atoms with Gasteiger partial charge in [0.15, 0.2) is 0 Å². The van der Waals surface area contributed by atoms with E-state index in [1.807, 2.05) is 6.92 Å². The lowest BCUT2D eigenvalue weighted by molar-refractivity contribution is -0.137. The molecule has 0 heterocycles. The molecule has 0 aliphatic heterocycles. The van der Waals surface area contributed by atoms with Crippen molar-refractivity contribution in [1.29, 1.82) is 0 Å². The van der Waals surface area contributed by atoms with Crippen LogP contribution in [0.1, 0.15) is 44.7 Å². The second-order valence-corrected chi connectivity index (χ2v) is 6.08. The summed E-state index contributed by atoms with van der Waals surface area (Å²) in [6.45, 7) is 6.27. The molecule has 2 nitrogen and oxygen atoms in total. The van der Waals surface area contributed by atoms with Crippen molar-refractivity contribution >= 4 is 22.9 Å². The third-order valence-electron chi connectivity index (χ3n) is 3.18. The van der Waals surface area contributed by atoms with E-state index in [2.05, 4.69) is 19.2 Å². The van der Waals surface area contributed by atoms with Crippen molar-refractivity contribution in [3.63, 3.8) is 0 Å². The molecule has 0 aliphatic carbocycles. The van der Waals surface area contributed by atoms with Crippen molar-refractivity contribution < 1.29 is 13.2 Å². The van der Waals surface area contributed by atoms with Crippen LogP contribution in [0.4, 0.5) is 18.9 Å². The van der Waals surface area contributed by atoms with Crippen molar-refractivity contribution in [3.05, 3.63) is 29.3 Å². The molecule has 118 valence electrons. The highest BCUT2D eigenvalue weighted by Gasteiger charge is 2.34. The van der Waals surface area contributed by atoms with Gasteiger partial charge in [-0.25, -0.2) is 0 Å². The zero-order chi connectivity index (χ0) is 16.2. The zero-order valence-corrected chi connectivity index (χ0v) is 13.2. The Bertz CT molecular complexity index is 498. The Balaban J connectivity index is 2.91. The van der Waals surface area contributed by atoms with Gasteiger partial charge < -0.3 is 11.1 Å². The van der Waals surface area contributed by atoms with Gasteiger partial charge in [0.05, 0.1) is 5.56 Å². The van der Waals surface area contributed by atoms with Crippen LogP contribution in [0.3, 0.4) is 0 Å². The Labute approximate surface area is 128 Å². The summed E-state index contributed by atoms with van der Waals surface area (Å²) in [4.78, 5) is -0.249. The van der Waals surface area contributed by atoms with Gasteiger partial charge in [0.25, 0.3) is 0 Å². The Morgan fingerprint density at radius 1 is 1.24 bits per heavy atom. The molecule has 1 aromatic carbocycles. The molecule has 0 saturated heterocycles. The zero-order valence-electron chi connectivity index (χ0n) is 12.4. The van der Waals surface area contributed by atoms with E-state index in [9.17, 15) is 13.2 Å². The topological polar surface area (TPSA) is 38.0 Å². The first kappa shape index (κ1) is 17.8. The normalized spacial score (nSPS) is 13.3. The molecule has 0 fully saturated rings. The fourth-order valence-electron chi connectivity index (χ4n) is 2.03. The van der Waals surface area contributed by atoms with Gasteiger partial charge in [0.1, 0.15) is 4.99 Å². The van der Waals surface area contributed by atoms with Crippen LogP contribution in [0, 0.1) is 5.92 Å². The molecular formula is C15H21F3N2S. The van der Waals surface area contributed by atoms with Crippen molar-refractivity contribution in [3.8, 4) is 0 Å². The van der Waals surface area contributed by atoms with E-state index in [1.165, 1.54) is 12.1 Å². The third kappa shape index (κ3) is 5.53. The second kappa shape index (κ2) is 7.11. The highest BCUT2D eigenvalue weighted by Crippen LogP contribution is 2.33. The summed E-state index contributed by atoms with van der Waals surface area (Å²) >= 11 is 4.73. The molecule has 0 aliphatic rings. The van der Waals surface area contributed by atoms with Gasteiger partial charge in [-0.05, 0) is 43.9 Å². The molecule has 1 rings (SSSR count). The molecular weight excluding hydrogens is 297 g/mol. The fourth-order valence-corrected chi connectivity index (χ4v) is 2.19. The van der Waals surface area contributed by atoms with Gasteiger partial charge in [0, 0.05) is 17.3 Å². The molecule has 0 saturated carbocycles. The lowest BCUT2D eigenvalue weighted by atomic mass is 10.0. The summed E-state index contributed by atoms with van der Waals surface area (Å²) in [5.41, 5.74) is 5.08. The van der Waals surface area contributed by atoms with Crippen LogP contribution in [0.15, 0.2) is 18.2 Å². The quantitative estimate of drug-likeness (QED) is 0.754. The molecule has 0 amide bonds. The molecule has 1 unspecified atom stereocenters. The predicted octanol–water partition coefficient (Wildman–Crippen LogP) is 4.58. The smallest absolute Gasteiger partial charge is 0.389 e. The van der Waals surface area contributed by atoms with Gasteiger partial charge in [-0.3, -0.25) is 0 Å². The van der Waals surface area contributed by atoms with Gasteiger partial charge >= 0.3 is 6.18 Å². The van der Waals surface area contributed by atoms with Crippen LogP contribution in [-0.4, -0.2) is 11.0 Å². The molecule has 0 aromatic heterocycles. The van der Waals surface area contributed by atoms with Gasteiger partial charge in [0.2, 0.25) is 0 Å². The molecule has 1 aromatic rings. The molecule has 6 heteroatoms. The summed E-state index contributed by atoms with van der Waals surface area (Å²) < 4.78 is 38.6. The van der Waals surface area contributed by atoms with Gasteiger partial charge in [-0.1, -0.05) is 26.1 Å². The Kier molecular flexibility index (Phi) is 6.01. The van der Waals surface area contributed by atoms with E-state index in [0.717, 1.165) is 18.9 Å². The summed E-state index contributed by atoms with van der Waals surface area (Å²) in [6, 6.07) is 3.97. The maximum absolute atomic E-state index is 12.9. The molecule has 1 atom stereocenters. The fraction of sp³-hybridized carbons (Fsp3) is 0.533. The maximum atomic E-state index is 12.9. The average molecular weight is 318 g/mol. The second-order valence-electron chi connectivity index (χ2n) is 5.64. The number of thiocarbonyl (C=S) groups is 1. The molecule has 0 spiro atoms. The number of rotatable bonds is 6. The molecule has 3 N–H and O–H groups in total. The number of nitrogens with two attached hydrogens (primary N) is 1. The number of benzene rings is 1. The van der Waals surface area contributed by atoms with Crippen LogP contribution in [-0.2, 0) is 6.18 Å². The molecule has 0 bridgehead atoms. The minimum atomic E-state index is -4.46. The summed E-state index contributed by atoms with van der Waals surface area (Å²) in [5, 5.41) is 3.19. The maximum Gasteiger partial charge on any atom is 0.417 e.